The minimum Gasteiger partial charge on any atom is -0.308 e. The molecule has 2 heteroatoms. The predicted molar refractivity (Wildman–Crippen MR) is 259 cm³/mol. The van der Waals surface area contributed by atoms with Crippen LogP contribution in [0, 0.1) is 0 Å². The van der Waals surface area contributed by atoms with Gasteiger partial charge in [-0.3, -0.25) is 0 Å². The molecule has 61 heavy (non-hydrogen) atoms. The fraction of sp³-hybridized carbons (Fsp3) is 0.0169. The first kappa shape index (κ1) is 34.4. The van der Waals surface area contributed by atoms with Crippen molar-refractivity contribution in [1.82, 2.24) is 0 Å². The number of rotatable bonds is 5. The van der Waals surface area contributed by atoms with Gasteiger partial charge in [-0.15, -0.1) is 11.3 Å². The van der Waals surface area contributed by atoms with Gasteiger partial charge in [0.2, 0.25) is 0 Å². The number of benzene rings is 10. The van der Waals surface area contributed by atoms with E-state index in [1.165, 1.54) is 109 Å². The molecule has 1 heterocycles. The Hall–Kier alpha value is -7.52. The Morgan fingerprint density at radius 1 is 0.328 bits per heavy atom. The first-order chi connectivity index (χ1) is 30.3. The third kappa shape index (κ3) is 4.77. The number of para-hydroxylation sites is 1. The molecule has 0 unspecified atom stereocenters. The molecule has 1 nitrogen and oxygen atoms in total. The summed E-state index contributed by atoms with van der Waals surface area (Å²) in [6, 6.07) is 83.5. The standard InChI is InChI=1S/C59H37NS/c1-2-18-39(19-3-1)41-27-16-37-55-56(41)47-29-15-36-54(58(47)61-55)60(52-34-13-9-25-45(52)42-28-14-21-38-20-4-5-22-40(38)42)53-35-17-33-51-57(53)46-26-8-12-32-50(46)59(51)48-30-10-6-23-43(48)44-24-7-11-31-49(44)59/h1-37H. The van der Waals surface area contributed by atoms with Gasteiger partial charge in [0.15, 0.2) is 0 Å². The van der Waals surface area contributed by atoms with Crippen molar-refractivity contribution in [3.8, 4) is 44.5 Å². The minimum absolute atomic E-state index is 0.454. The van der Waals surface area contributed by atoms with Crippen LogP contribution in [0.5, 0.6) is 0 Å². The van der Waals surface area contributed by atoms with E-state index in [0.29, 0.717) is 0 Å². The molecule has 13 rings (SSSR count). The quantitative estimate of drug-likeness (QED) is 0.168. The predicted octanol–water partition coefficient (Wildman–Crippen LogP) is 16.4. The molecule has 0 saturated heterocycles. The van der Waals surface area contributed by atoms with Gasteiger partial charge >= 0.3 is 0 Å². The van der Waals surface area contributed by atoms with Crippen LogP contribution in [0.2, 0.25) is 0 Å². The fourth-order valence-corrected chi connectivity index (χ4v) is 12.2. The molecule has 1 aromatic heterocycles. The minimum atomic E-state index is -0.454. The van der Waals surface area contributed by atoms with E-state index in [1.807, 2.05) is 11.3 Å². The Labute approximate surface area is 359 Å². The van der Waals surface area contributed by atoms with E-state index in [9.17, 15) is 0 Å². The molecule has 10 aromatic carbocycles. The van der Waals surface area contributed by atoms with Crippen molar-refractivity contribution in [2.45, 2.75) is 5.41 Å². The second-order valence-corrected chi connectivity index (χ2v) is 17.3. The van der Waals surface area contributed by atoms with Crippen LogP contribution >= 0.6 is 11.3 Å². The lowest BCUT2D eigenvalue weighted by atomic mass is 9.70. The van der Waals surface area contributed by atoms with Gasteiger partial charge in [-0.05, 0) is 90.7 Å². The maximum absolute atomic E-state index is 2.60. The first-order valence-electron chi connectivity index (χ1n) is 21.1. The van der Waals surface area contributed by atoms with Crippen molar-refractivity contribution in [1.29, 1.82) is 0 Å². The smallest absolute Gasteiger partial charge is 0.0726 e. The molecule has 0 amide bonds. The van der Waals surface area contributed by atoms with Crippen molar-refractivity contribution in [3.63, 3.8) is 0 Å². The highest BCUT2D eigenvalue weighted by Crippen LogP contribution is 2.65. The van der Waals surface area contributed by atoms with Gasteiger partial charge in [0, 0.05) is 26.6 Å². The van der Waals surface area contributed by atoms with Gasteiger partial charge in [-0.2, -0.15) is 0 Å². The fourth-order valence-electron chi connectivity index (χ4n) is 10.9. The number of fused-ring (bicyclic) bond motifs is 14. The monoisotopic (exact) mass is 791 g/mol. The summed E-state index contributed by atoms with van der Waals surface area (Å²) < 4.78 is 2.55. The molecular formula is C59H37NS. The number of nitrogens with zero attached hydrogens (tertiary/aromatic N) is 1. The molecule has 284 valence electrons. The van der Waals surface area contributed by atoms with E-state index in [2.05, 4.69) is 229 Å². The Bertz CT molecular complexity index is 3510. The Morgan fingerprint density at radius 2 is 0.836 bits per heavy atom. The molecule has 0 aliphatic heterocycles. The summed E-state index contributed by atoms with van der Waals surface area (Å²) in [4.78, 5) is 2.60. The van der Waals surface area contributed by atoms with Gasteiger partial charge < -0.3 is 4.90 Å². The summed E-state index contributed by atoms with van der Waals surface area (Å²) in [6.07, 6.45) is 0. The maximum atomic E-state index is 2.60. The summed E-state index contributed by atoms with van der Waals surface area (Å²) in [7, 11) is 0. The normalized spacial score (nSPS) is 13.0. The summed E-state index contributed by atoms with van der Waals surface area (Å²) >= 11 is 1.90. The highest BCUT2D eigenvalue weighted by Gasteiger charge is 2.52. The Balaban J connectivity index is 1.16. The lowest BCUT2D eigenvalue weighted by Crippen LogP contribution is -2.26. The van der Waals surface area contributed by atoms with Crippen LogP contribution in [0.3, 0.4) is 0 Å². The molecule has 0 atom stereocenters. The lowest BCUT2D eigenvalue weighted by molar-refractivity contribution is 0.794. The SMILES string of the molecule is c1ccc(-c2cccc3sc4c(N(c5ccccc5-c5cccc6ccccc56)c5cccc6c5-c5ccccc5C65c6ccccc6-c6ccccc65)cccc4c23)cc1. The van der Waals surface area contributed by atoms with Crippen LogP contribution in [0.25, 0.3) is 75.5 Å². The van der Waals surface area contributed by atoms with E-state index >= 15 is 0 Å². The lowest BCUT2D eigenvalue weighted by Gasteiger charge is -2.32. The van der Waals surface area contributed by atoms with Crippen LogP contribution < -0.4 is 4.90 Å². The van der Waals surface area contributed by atoms with E-state index in [-0.39, 0.29) is 0 Å². The summed E-state index contributed by atoms with van der Waals surface area (Å²) in [6.45, 7) is 0. The van der Waals surface area contributed by atoms with Crippen LogP contribution in [-0.2, 0) is 5.41 Å². The number of thiophene rings is 1. The second kappa shape index (κ2) is 13.2. The second-order valence-electron chi connectivity index (χ2n) is 16.3. The largest absolute Gasteiger partial charge is 0.308 e. The van der Waals surface area contributed by atoms with Crippen LogP contribution in [0.4, 0.5) is 17.1 Å². The molecule has 11 aromatic rings. The molecule has 1 spiro atoms. The van der Waals surface area contributed by atoms with Crippen molar-refractivity contribution in [2.24, 2.45) is 0 Å². The van der Waals surface area contributed by atoms with Crippen molar-refractivity contribution in [2.75, 3.05) is 4.90 Å². The van der Waals surface area contributed by atoms with Crippen molar-refractivity contribution in [3.05, 3.63) is 247 Å². The summed E-state index contributed by atoms with van der Waals surface area (Å²) in [5.74, 6) is 0. The van der Waals surface area contributed by atoms with E-state index in [0.717, 1.165) is 5.69 Å². The average molecular weight is 792 g/mol. The van der Waals surface area contributed by atoms with Gasteiger partial charge in [-0.1, -0.05) is 200 Å². The van der Waals surface area contributed by atoms with E-state index < -0.39 is 5.41 Å². The topological polar surface area (TPSA) is 3.24 Å². The molecule has 2 aliphatic rings. The third-order valence-electron chi connectivity index (χ3n) is 13.3. The highest BCUT2D eigenvalue weighted by molar-refractivity contribution is 7.26. The molecule has 0 radical (unpaired) electrons. The Kier molecular flexibility index (Phi) is 7.46. The number of hydrogen-bond donors (Lipinski definition) is 0. The van der Waals surface area contributed by atoms with Crippen molar-refractivity contribution >= 4 is 59.3 Å². The highest BCUT2D eigenvalue weighted by atomic mass is 32.1. The van der Waals surface area contributed by atoms with Gasteiger partial charge in [-0.25, -0.2) is 0 Å². The van der Waals surface area contributed by atoms with Gasteiger partial charge in [0.05, 0.1) is 27.2 Å². The van der Waals surface area contributed by atoms with E-state index in [4.69, 9.17) is 0 Å². The molecule has 0 bridgehead atoms. The first-order valence-corrected chi connectivity index (χ1v) is 21.9. The zero-order valence-corrected chi connectivity index (χ0v) is 34.0. The van der Waals surface area contributed by atoms with Gasteiger partial charge in [0.25, 0.3) is 0 Å². The van der Waals surface area contributed by atoms with Crippen LogP contribution in [0.15, 0.2) is 224 Å². The maximum Gasteiger partial charge on any atom is 0.0726 e. The zero-order chi connectivity index (χ0) is 40.1. The van der Waals surface area contributed by atoms with Gasteiger partial charge in [0.1, 0.15) is 0 Å². The van der Waals surface area contributed by atoms with E-state index in [1.54, 1.807) is 0 Å². The molecule has 0 N–H and O–H groups in total. The van der Waals surface area contributed by atoms with Crippen LogP contribution in [-0.4, -0.2) is 0 Å². The summed E-state index contributed by atoms with van der Waals surface area (Å²) in [5, 5.41) is 5.05. The zero-order valence-electron chi connectivity index (χ0n) is 33.2. The average Bonchev–Trinajstić information content (AvgIpc) is 3.97. The number of hydrogen-bond acceptors (Lipinski definition) is 2. The Morgan fingerprint density at radius 3 is 1.64 bits per heavy atom. The third-order valence-corrected chi connectivity index (χ3v) is 14.5. The summed E-state index contributed by atoms with van der Waals surface area (Å²) in [5.41, 5.74) is 18.5. The molecule has 0 fully saturated rings. The van der Waals surface area contributed by atoms with Crippen LogP contribution in [0.1, 0.15) is 22.3 Å². The van der Waals surface area contributed by atoms with Crippen molar-refractivity contribution < 1.29 is 0 Å². The molecule has 2 aliphatic carbocycles. The molecular weight excluding hydrogens is 755 g/mol. The molecule has 0 saturated carbocycles. The number of anilines is 3.